The fourth-order valence-electron chi connectivity index (χ4n) is 1.77. The molecule has 0 unspecified atom stereocenters. The van der Waals surface area contributed by atoms with Gasteiger partial charge in [0.15, 0.2) is 0 Å². The summed E-state index contributed by atoms with van der Waals surface area (Å²) >= 11 is 0. The molecule has 0 saturated heterocycles. The maximum absolute atomic E-state index is 11.9. The molecule has 18 heavy (non-hydrogen) atoms. The smallest absolute Gasteiger partial charge is 0.326 e. The minimum Gasteiger partial charge on any atom is -0.480 e. The van der Waals surface area contributed by atoms with Gasteiger partial charge in [-0.1, -0.05) is 25.1 Å². The molecule has 0 radical (unpaired) electrons. The Morgan fingerprint density at radius 1 is 1.39 bits per heavy atom. The van der Waals surface area contributed by atoms with E-state index in [-0.39, 0.29) is 0 Å². The third kappa shape index (κ3) is 2.34. The second-order valence-electron chi connectivity index (χ2n) is 4.04. The lowest BCUT2D eigenvalue weighted by Crippen LogP contribution is -2.40. The van der Waals surface area contributed by atoms with Crippen molar-refractivity contribution in [2.75, 3.05) is 0 Å². The van der Waals surface area contributed by atoms with Crippen molar-refractivity contribution in [2.45, 2.75) is 19.4 Å². The van der Waals surface area contributed by atoms with Crippen LogP contribution in [0.3, 0.4) is 0 Å². The van der Waals surface area contributed by atoms with Crippen LogP contribution in [0.1, 0.15) is 23.8 Å². The van der Waals surface area contributed by atoms with Gasteiger partial charge in [-0.3, -0.25) is 4.79 Å². The zero-order valence-corrected chi connectivity index (χ0v) is 9.93. The van der Waals surface area contributed by atoms with Gasteiger partial charge < -0.3 is 15.4 Å². The highest BCUT2D eigenvalue weighted by molar-refractivity contribution is 5.99. The van der Waals surface area contributed by atoms with Crippen molar-refractivity contribution in [2.24, 2.45) is 0 Å². The summed E-state index contributed by atoms with van der Waals surface area (Å²) in [6.07, 6.45) is 0.349. The van der Waals surface area contributed by atoms with Crippen molar-refractivity contribution < 1.29 is 14.7 Å². The van der Waals surface area contributed by atoms with Crippen LogP contribution >= 0.6 is 0 Å². The average Bonchev–Trinajstić information content (AvgIpc) is 2.79. The number of hydrogen-bond donors (Lipinski definition) is 3. The molecule has 5 heteroatoms. The number of rotatable bonds is 4. The van der Waals surface area contributed by atoms with Crippen LogP contribution in [0.25, 0.3) is 10.9 Å². The van der Waals surface area contributed by atoms with E-state index in [0.29, 0.717) is 12.1 Å². The number of benzene rings is 1. The molecule has 0 aliphatic carbocycles. The Balaban J connectivity index is 2.20. The molecule has 94 valence electrons. The number of aliphatic carboxylic acids is 1. The standard InChI is InChI=1S/C13H14N2O3/c1-2-9(13(17)18)15-12(16)11-7-8-5-3-4-6-10(8)14-11/h3-7,9,14H,2H2,1H3,(H,15,16)(H,17,18)/t9-/m1/s1. The molecule has 1 aromatic heterocycles. The second-order valence-corrected chi connectivity index (χ2v) is 4.04. The molecule has 0 bridgehead atoms. The lowest BCUT2D eigenvalue weighted by Gasteiger charge is -2.10. The Morgan fingerprint density at radius 2 is 2.11 bits per heavy atom. The molecule has 3 N–H and O–H groups in total. The fraction of sp³-hybridized carbons (Fsp3) is 0.231. The summed E-state index contributed by atoms with van der Waals surface area (Å²) < 4.78 is 0. The number of aromatic nitrogens is 1. The van der Waals surface area contributed by atoms with Crippen molar-refractivity contribution in [1.29, 1.82) is 0 Å². The highest BCUT2D eigenvalue weighted by atomic mass is 16.4. The number of fused-ring (bicyclic) bond motifs is 1. The zero-order chi connectivity index (χ0) is 13.1. The van der Waals surface area contributed by atoms with Crippen LogP contribution in [0.4, 0.5) is 0 Å². The van der Waals surface area contributed by atoms with E-state index in [1.54, 1.807) is 13.0 Å². The summed E-state index contributed by atoms with van der Waals surface area (Å²) in [6.45, 7) is 1.71. The lowest BCUT2D eigenvalue weighted by atomic mass is 10.2. The van der Waals surface area contributed by atoms with Crippen molar-refractivity contribution in [3.05, 3.63) is 36.0 Å². The molecule has 2 rings (SSSR count). The van der Waals surface area contributed by atoms with Crippen LogP contribution < -0.4 is 5.32 Å². The Kier molecular flexibility index (Phi) is 3.32. The number of carbonyl (C=O) groups is 2. The molecule has 1 amide bonds. The van der Waals surface area contributed by atoms with E-state index in [1.165, 1.54) is 0 Å². The minimum atomic E-state index is -1.03. The monoisotopic (exact) mass is 246 g/mol. The van der Waals surface area contributed by atoms with Gasteiger partial charge in [0.05, 0.1) is 0 Å². The van der Waals surface area contributed by atoms with E-state index in [9.17, 15) is 9.59 Å². The first-order chi connectivity index (χ1) is 8.61. The molecule has 0 saturated carbocycles. The maximum atomic E-state index is 11.9. The molecule has 0 aliphatic rings. The molecule has 0 fully saturated rings. The first kappa shape index (κ1) is 12.2. The lowest BCUT2D eigenvalue weighted by molar-refractivity contribution is -0.139. The van der Waals surface area contributed by atoms with Gasteiger partial charge in [-0.2, -0.15) is 0 Å². The molecule has 2 aromatic rings. The summed E-state index contributed by atoms with van der Waals surface area (Å²) in [4.78, 5) is 25.7. The first-order valence-electron chi connectivity index (χ1n) is 5.73. The maximum Gasteiger partial charge on any atom is 0.326 e. The zero-order valence-electron chi connectivity index (χ0n) is 9.93. The summed E-state index contributed by atoms with van der Waals surface area (Å²) in [6, 6.07) is 8.34. The van der Waals surface area contributed by atoms with Gasteiger partial charge in [-0.25, -0.2) is 4.79 Å². The van der Waals surface area contributed by atoms with E-state index in [4.69, 9.17) is 5.11 Å². The summed E-state index contributed by atoms with van der Waals surface area (Å²) in [5.41, 5.74) is 1.22. The van der Waals surface area contributed by atoms with Gasteiger partial charge in [0, 0.05) is 10.9 Å². The molecular weight excluding hydrogens is 232 g/mol. The van der Waals surface area contributed by atoms with Gasteiger partial charge >= 0.3 is 5.97 Å². The van der Waals surface area contributed by atoms with Crippen LogP contribution in [-0.4, -0.2) is 28.0 Å². The predicted octanol–water partition coefficient (Wildman–Crippen LogP) is 1.76. The SMILES string of the molecule is CC[C@@H](NC(=O)c1cc2ccccc2[nH]1)C(=O)O. The number of carbonyl (C=O) groups excluding carboxylic acids is 1. The molecule has 1 aromatic carbocycles. The van der Waals surface area contributed by atoms with Crippen LogP contribution in [0.5, 0.6) is 0 Å². The molecule has 0 aliphatic heterocycles. The van der Waals surface area contributed by atoms with Crippen LogP contribution in [-0.2, 0) is 4.79 Å². The largest absolute Gasteiger partial charge is 0.480 e. The van der Waals surface area contributed by atoms with E-state index < -0.39 is 17.9 Å². The number of aromatic amines is 1. The van der Waals surface area contributed by atoms with E-state index in [1.807, 2.05) is 24.3 Å². The van der Waals surface area contributed by atoms with Crippen molar-refractivity contribution in [1.82, 2.24) is 10.3 Å². The summed E-state index contributed by atoms with van der Waals surface area (Å²) in [5.74, 6) is -1.43. The van der Waals surface area contributed by atoms with Gasteiger partial charge in [-0.05, 0) is 18.6 Å². The number of hydrogen-bond acceptors (Lipinski definition) is 2. The Bertz CT molecular complexity index is 556. The Hall–Kier alpha value is -2.30. The normalized spacial score (nSPS) is 12.3. The first-order valence-corrected chi connectivity index (χ1v) is 5.73. The van der Waals surface area contributed by atoms with E-state index in [2.05, 4.69) is 10.3 Å². The summed E-state index contributed by atoms with van der Waals surface area (Å²) in [5, 5.41) is 12.3. The quantitative estimate of drug-likeness (QED) is 0.768. The molecule has 1 atom stereocenters. The minimum absolute atomic E-state index is 0.349. The van der Waals surface area contributed by atoms with Crippen LogP contribution in [0, 0.1) is 0 Å². The van der Waals surface area contributed by atoms with Crippen LogP contribution in [0.2, 0.25) is 0 Å². The number of H-pyrrole nitrogens is 1. The average molecular weight is 246 g/mol. The van der Waals surface area contributed by atoms with Crippen molar-refractivity contribution in [3.63, 3.8) is 0 Å². The second kappa shape index (κ2) is 4.91. The number of amides is 1. The molecule has 0 spiro atoms. The highest BCUT2D eigenvalue weighted by Gasteiger charge is 2.19. The number of para-hydroxylation sites is 1. The number of nitrogens with one attached hydrogen (secondary N) is 2. The third-order valence-corrected chi connectivity index (χ3v) is 2.79. The predicted molar refractivity (Wildman–Crippen MR) is 67.5 cm³/mol. The number of carboxylic acid groups (broad SMARTS) is 1. The third-order valence-electron chi connectivity index (χ3n) is 2.79. The van der Waals surface area contributed by atoms with Crippen LogP contribution in [0.15, 0.2) is 30.3 Å². The topological polar surface area (TPSA) is 82.2 Å². The van der Waals surface area contributed by atoms with Crippen molar-refractivity contribution in [3.8, 4) is 0 Å². The van der Waals surface area contributed by atoms with Gasteiger partial charge in [0.1, 0.15) is 11.7 Å². The van der Waals surface area contributed by atoms with Crippen molar-refractivity contribution >= 4 is 22.8 Å². The fourth-order valence-corrected chi connectivity index (χ4v) is 1.77. The van der Waals surface area contributed by atoms with Gasteiger partial charge in [0.25, 0.3) is 5.91 Å². The molecule has 1 heterocycles. The number of carboxylic acids is 1. The summed E-state index contributed by atoms with van der Waals surface area (Å²) in [7, 11) is 0. The van der Waals surface area contributed by atoms with Gasteiger partial charge in [0.2, 0.25) is 0 Å². The molecule has 5 nitrogen and oxygen atoms in total. The highest BCUT2D eigenvalue weighted by Crippen LogP contribution is 2.14. The molecular formula is C13H14N2O3. The van der Waals surface area contributed by atoms with E-state index >= 15 is 0 Å². The van der Waals surface area contributed by atoms with E-state index in [0.717, 1.165) is 10.9 Å². The Labute approximate surface area is 104 Å². The Morgan fingerprint density at radius 3 is 2.72 bits per heavy atom. The van der Waals surface area contributed by atoms with Gasteiger partial charge in [-0.15, -0.1) is 0 Å².